The number of hydrogen-bond donors (Lipinski definition) is 1. The third-order valence-electron chi connectivity index (χ3n) is 1.89. The molecule has 14 heavy (non-hydrogen) atoms. The lowest BCUT2D eigenvalue weighted by Crippen LogP contribution is -2.10. The van der Waals surface area contributed by atoms with E-state index in [9.17, 15) is 4.79 Å². The maximum absolute atomic E-state index is 10.5. The summed E-state index contributed by atoms with van der Waals surface area (Å²) < 4.78 is 1.88. The Morgan fingerprint density at radius 1 is 1.57 bits per heavy atom. The Bertz CT molecular complexity index is 299. The zero-order valence-corrected chi connectivity index (χ0v) is 8.57. The first-order valence-electron chi connectivity index (χ1n) is 4.45. The molecule has 0 fully saturated rings. The van der Waals surface area contributed by atoms with Crippen LogP contribution >= 0.6 is 11.6 Å². The number of carbonyl (C=O) groups is 1. The van der Waals surface area contributed by atoms with Gasteiger partial charge in [-0.15, -0.1) is 21.8 Å². The van der Waals surface area contributed by atoms with Crippen LogP contribution in [0, 0.1) is 0 Å². The summed E-state index contributed by atoms with van der Waals surface area (Å²) in [6, 6.07) is 0. The Labute approximate surface area is 87.3 Å². The highest BCUT2D eigenvalue weighted by atomic mass is 35.5. The van der Waals surface area contributed by atoms with Gasteiger partial charge in [-0.3, -0.25) is 4.79 Å². The van der Waals surface area contributed by atoms with E-state index < -0.39 is 0 Å². The molecule has 0 aliphatic carbocycles. The molecule has 2 N–H and O–H groups in total. The van der Waals surface area contributed by atoms with Crippen molar-refractivity contribution in [3.05, 3.63) is 12.2 Å². The minimum atomic E-state index is -0.258. The molecule has 1 heterocycles. The Kier molecular flexibility index (Phi) is 4.39. The predicted molar refractivity (Wildman–Crippen MR) is 52.6 cm³/mol. The Balaban J connectivity index is 2.27. The minimum absolute atomic E-state index is 0.258. The van der Waals surface area contributed by atoms with E-state index in [0.29, 0.717) is 12.3 Å². The molecule has 5 nitrogen and oxygen atoms in total. The fourth-order valence-electron chi connectivity index (χ4n) is 1.15. The largest absolute Gasteiger partial charge is 0.370 e. The minimum Gasteiger partial charge on any atom is -0.370 e. The number of nitrogens with zero attached hydrogens (tertiary/aromatic N) is 3. The van der Waals surface area contributed by atoms with Crippen LogP contribution in [0.4, 0.5) is 0 Å². The molecule has 1 aromatic rings. The van der Waals surface area contributed by atoms with Crippen LogP contribution in [0.2, 0.25) is 0 Å². The molecular weight excluding hydrogens is 204 g/mol. The topological polar surface area (TPSA) is 73.8 Å². The fourth-order valence-corrected chi connectivity index (χ4v) is 1.36. The van der Waals surface area contributed by atoms with Gasteiger partial charge in [-0.25, -0.2) is 0 Å². The summed E-state index contributed by atoms with van der Waals surface area (Å²) in [6.07, 6.45) is 3.74. The number of rotatable bonds is 6. The van der Waals surface area contributed by atoms with E-state index in [4.69, 9.17) is 17.3 Å². The first-order chi connectivity index (χ1) is 6.74. The monoisotopic (exact) mass is 216 g/mol. The van der Waals surface area contributed by atoms with Crippen molar-refractivity contribution in [2.75, 3.05) is 0 Å². The predicted octanol–water partition coefficient (Wildman–Crippen LogP) is 0.672. The number of aromatic nitrogens is 3. The van der Waals surface area contributed by atoms with Crippen molar-refractivity contribution in [1.82, 2.24) is 14.8 Å². The highest BCUT2D eigenvalue weighted by Crippen LogP contribution is 2.03. The Morgan fingerprint density at radius 2 is 2.36 bits per heavy atom. The molecule has 1 aromatic heterocycles. The van der Waals surface area contributed by atoms with Gasteiger partial charge in [-0.1, -0.05) is 0 Å². The van der Waals surface area contributed by atoms with Crippen LogP contribution in [-0.4, -0.2) is 20.7 Å². The quantitative estimate of drug-likeness (QED) is 0.561. The van der Waals surface area contributed by atoms with Crippen LogP contribution in [0.3, 0.4) is 0 Å². The second-order valence-electron chi connectivity index (χ2n) is 3.00. The van der Waals surface area contributed by atoms with E-state index in [-0.39, 0.29) is 5.91 Å². The number of primary amides is 1. The van der Waals surface area contributed by atoms with Crippen molar-refractivity contribution in [1.29, 1.82) is 0 Å². The Morgan fingerprint density at radius 3 is 3.00 bits per heavy atom. The number of amides is 1. The number of carbonyl (C=O) groups excluding carboxylic acids is 1. The molecule has 78 valence electrons. The van der Waals surface area contributed by atoms with Gasteiger partial charge in [0.25, 0.3) is 0 Å². The molecule has 0 aliphatic rings. The van der Waals surface area contributed by atoms with Crippen LogP contribution in [0.15, 0.2) is 6.33 Å². The van der Waals surface area contributed by atoms with Crippen LogP contribution in [-0.2, 0) is 17.2 Å². The van der Waals surface area contributed by atoms with Crippen LogP contribution in [0.25, 0.3) is 0 Å². The summed E-state index contributed by atoms with van der Waals surface area (Å²) in [5.74, 6) is 0.854. The van der Waals surface area contributed by atoms with Gasteiger partial charge in [-0.2, -0.15) is 0 Å². The van der Waals surface area contributed by atoms with E-state index in [1.54, 1.807) is 6.33 Å². The maximum atomic E-state index is 10.5. The fraction of sp³-hybridized carbons (Fsp3) is 0.625. The molecule has 0 bridgehead atoms. The van der Waals surface area contributed by atoms with Crippen LogP contribution in [0.5, 0.6) is 0 Å². The van der Waals surface area contributed by atoms with E-state index in [1.165, 1.54) is 0 Å². The second kappa shape index (κ2) is 5.59. The van der Waals surface area contributed by atoms with Gasteiger partial charge in [0.15, 0.2) is 0 Å². The van der Waals surface area contributed by atoms with Crippen molar-refractivity contribution >= 4 is 17.5 Å². The molecule has 0 radical (unpaired) electrons. The smallest absolute Gasteiger partial charge is 0.217 e. The zero-order chi connectivity index (χ0) is 10.4. The average molecular weight is 217 g/mol. The number of hydrogen-bond acceptors (Lipinski definition) is 3. The molecule has 0 unspecified atom stereocenters. The van der Waals surface area contributed by atoms with Crippen LogP contribution < -0.4 is 5.73 Å². The Hall–Kier alpha value is -1.10. The molecule has 0 spiro atoms. The third kappa shape index (κ3) is 3.33. The lowest BCUT2D eigenvalue weighted by molar-refractivity contribution is -0.118. The summed E-state index contributed by atoms with van der Waals surface area (Å²) in [5, 5.41) is 7.58. The lowest BCUT2D eigenvalue weighted by atomic mass is 10.2. The molecule has 0 aliphatic heterocycles. The summed E-state index contributed by atoms with van der Waals surface area (Å²) in [7, 11) is 0. The second-order valence-corrected chi connectivity index (χ2v) is 3.26. The van der Waals surface area contributed by atoms with Crippen molar-refractivity contribution in [3.63, 3.8) is 0 Å². The van der Waals surface area contributed by atoms with Crippen molar-refractivity contribution in [3.8, 4) is 0 Å². The highest BCUT2D eigenvalue weighted by molar-refractivity contribution is 6.16. The van der Waals surface area contributed by atoms with Crippen molar-refractivity contribution < 1.29 is 4.79 Å². The highest BCUT2D eigenvalue weighted by Gasteiger charge is 2.02. The van der Waals surface area contributed by atoms with Gasteiger partial charge >= 0.3 is 0 Å². The van der Waals surface area contributed by atoms with Crippen molar-refractivity contribution in [2.45, 2.75) is 31.7 Å². The number of halogens is 1. The summed E-state index contributed by atoms with van der Waals surface area (Å²) in [4.78, 5) is 10.5. The van der Waals surface area contributed by atoms with Gasteiger partial charge in [-0.05, 0) is 12.8 Å². The number of aryl methyl sites for hydroxylation is 1. The standard InChI is InChI=1S/C8H13ClN4O/c9-5-8-12-11-6-13(8)4-2-1-3-7(10)14/h6H,1-5H2,(H2,10,14). The van der Waals surface area contributed by atoms with Crippen molar-refractivity contribution in [2.24, 2.45) is 5.73 Å². The van der Waals surface area contributed by atoms with Crippen LogP contribution in [0.1, 0.15) is 25.1 Å². The lowest BCUT2D eigenvalue weighted by Gasteiger charge is -2.02. The van der Waals surface area contributed by atoms with Gasteiger partial charge in [0, 0.05) is 13.0 Å². The van der Waals surface area contributed by atoms with Gasteiger partial charge in [0.05, 0.1) is 5.88 Å². The molecule has 0 saturated carbocycles. The van der Waals surface area contributed by atoms with E-state index in [1.807, 2.05) is 4.57 Å². The molecule has 6 heteroatoms. The van der Waals surface area contributed by atoms with E-state index >= 15 is 0 Å². The molecule has 1 rings (SSSR count). The molecule has 0 aromatic carbocycles. The SMILES string of the molecule is NC(=O)CCCCn1cnnc1CCl. The third-order valence-corrected chi connectivity index (χ3v) is 2.13. The summed E-state index contributed by atoms with van der Waals surface area (Å²) in [6.45, 7) is 0.780. The van der Waals surface area contributed by atoms with Gasteiger partial charge in [0.2, 0.25) is 5.91 Å². The van der Waals surface area contributed by atoms with E-state index in [2.05, 4.69) is 10.2 Å². The van der Waals surface area contributed by atoms with E-state index in [0.717, 1.165) is 25.2 Å². The number of unbranched alkanes of at least 4 members (excludes halogenated alkanes) is 1. The van der Waals surface area contributed by atoms with Gasteiger partial charge in [0.1, 0.15) is 12.2 Å². The number of nitrogens with two attached hydrogens (primary N) is 1. The number of alkyl halides is 1. The first kappa shape index (κ1) is 11.0. The summed E-state index contributed by atoms with van der Waals surface area (Å²) >= 11 is 5.64. The molecule has 0 atom stereocenters. The molecule has 0 saturated heterocycles. The molecule has 1 amide bonds. The molecular formula is C8H13ClN4O. The zero-order valence-electron chi connectivity index (χ0n) is 7.82. The maximum Gasteiger partial charge on any atom is 0.217 e. The first-order valence-corrected chi connectivity index (χ1v) is 4.98. The normalized spacial score (nSPS) is 10.4. The average Bonchev–Trinajstić information content (AvgIpc) is 2.59. The summed E-state index contributed by atoms with van der Waals surface area (Å²) in [5.41, 5.74) is 5.02. The van der Waals surface area contributed by atoms with Gasteiger partial charge < -0.3 is 10.3 Å².